The zero-order chi connectivity index (χ0) is 19.6. The Kier molecular flexibility index (Phi) is 7.66. The van der Waals surface area contributed by atoms with Crippen molar-refractivity contribution >= 4 is 11.6 Å². The van der Waals surface area contributed by atoms with Crippen molar-refractivity contribution in [2.24, 2.45) is 4.99 Å². The number of aliphatic imine (C=N–C) groups is 1. The summed E-state index contributed by atoms with van der Waals surface area (Å²) in [6, 6.07) is 8.50. The van der Waals surface area contributed by atoms with Crippen LogP contribution >= 0.6 is 0 Å². The lowest BCUT2D eigenvalue weighted by Gasteiger charge is -2.30. The van der Waals surface area contributed by atoms with Crippen molar-refractivity contribution in [2.45, 2.75) is 33.4 Å². The van der Waals surface area contributed by atoms with Crippen molar-refractivity contribution in [3.8, 4) is 0 Å². The second kappa shape index (κ2) is 10.7. The van der Waals surface area contributed by atoms with E-state index in [0.717, 1.165) is 64.1 Å². The maximum atomic E-state index is 5.48. The minimum atomic E-state index is 0.635. The van der Waals surface area contributed by atoms with Gasteiger partial charge in [-0.15, -0.1) is 10.2 Å². The van der Waals surface area contributed by atoms with Gasteiger partial charge >= 0.3 is 0 Å². The number of hydrogen-bond donors (Lipinski definition) is 2. The molecule has 2 heterocycles. The van der Waals surface area contributed by atoms with Crippen molar-refractivity contribution in [1.29, 1.82) is 0 Å². The fourth-order valence-corrected chi connectivity index (χ4v) is 3.30. The van der Waals surface area contributed by atoms with E-state index >= 15 is 0 Å². The van der Waals surface area contributed by atoms with Crippen LogP contribution in [0, 0.1) is 0 Å². The van der Waals surface area contributed by atoms with E-state index in [2.05, 4.69) is 68.4 Å². The predicted molar refractivity (Wildman–Crippen MR) is 112 cm³/mol. The van der Waals surface area contributed by atoms with Gasteiger partial charge in [-0.05, 0) is 18.6 Å². The zero-order valence-corrected chi connectivity index (χ0v) is 16.9. The second-order valence-corrected chi connectivity index (χ2v) is 6.64. The highest BCUT2D eigenvalue weighted by molar-refractivity contribution is 5.79. The Balaban J connectivity index is 1.61. The molecule has 3 rings (SSSR count). The van der Waals surface area contributed by atoms with Gasteiger partial charge < -0.3 is 24.8 Å². The standard InChI is InChI=1S/C20H31N7O/c1-3-19-25-24-16-27(19)10-9-22-20(21-4-2)23-15-17-7-5-6-8-18(17)26-11-13-28-14-12-26/h5-8,16H,3-4,9-15H2,1-2H3,(H2,21,22,23). The lowest BCUT2D eigenvalue weighted by atomic mass is 10.1. The van der Waals surface area contributed by atoms with E-state index in [1.807, 2.05) is 0 Å². The zero-order valence-electron chi connectivity index (χ0n) is 16.9. The molecule has 1 aromatic heterocycles. The molecule has 1 aliphatic rings. The maximum absolute atomic E-state index is 5.48. The van der Waals surface area contributed by atoms with Crippen LogP contribution in [0.15, 0.2) is 35.6 Å². The molecule has 0 radical (unpaired) electrons. The highest BCUT2D eigenvalue weighted by atomic mass is 16.5. The summed E-state index contributed by atoms with van der Waals surface area (Å²) in [5.74, 6) is 1.83. The van der Waals surface area contributed by atoms with Gasteiger partial charge in [-0.2, -0.15) is 0 Å². The number of aryl methyl sites for hydroxylation is 1. The summed E-state index contributed by atoms with van der Waals surface area (Å²) in [4.78, 5) is 7.18. The average molecular weight is 386 g/mol. The summed E-state index contributed by atoms with van der Waals surface area (Å²) in [7, 11) is 0. The number of ether oxygens (including phenoxy) is 1. The summed E-state index contributed by atoms with van der Waals surface area (Å²) < 4.78 is 7.56. The van der Waals surface area contributed by atoms with E-state index in [1.165, 1.54) is 11.3 Å². The molecule has 0 atom stereocenters. The Morgan fingerprint density at radius 3 is 2.79 bits per heavy atom. The second-order valence-electron chi connectivity index (χ2n) is 6.64. The number of nitrogens with zero attached hydrogens (tertiary/aromatic N) is 5. The smallest absolute Gasteiger partial charge is 0.191 e. The van der Waals surface area contributed by atoms with Crippen molar-refractivity contribution in [1.82, 2.24) is 25.4 Å². The number of rotatable bonds is 8. The van der Waals surface area contributed by atoms with E-state index in [-0.39, 0.29) is 0 Å². The number of benzene rings is 1. The van der Waals surface area contributed by atoms with Gasteiger partial charge in [0.15, 0.2) is 5.96 Å². The monoisotopic (exact) mass is 385 g/mol. The quantitative estimate of drug-likeness (QED) is 0.529. The Bertz CT molecular complexity index is 753. The molecule has 1 fully saturated rings. The van der Waals surface area contributed by atoms with Gasteiger partial charge in [-0.1, -0.05) is 25.1 Å². The number of anilines is 1. The molecular weight excluding hydrogens is 354 g/mol. The molecule has 152 valence electrons. The van der Waals surface area contributed by atoms with E-state index < -0.39 is 0 Å². The van der Waals surface area contributed by atoms with E-state index in [1.54, 1.807) is 6.33 Å². The van der Waals surface area contributed by atoms with Crippen molar-refractivity contribution in [3.63, 3.8) is 0 Å². The minimum absolute atomic E-state index is 0.635. The molecule has 0 unspecified atom stereocenters. The van der Waals surface area contributed by atoms with Crippen LogP contribution < -0.4 is 15.5 Å². The first-order valence-electron chi connectivity index (χ1n) is 10.1. The third kappa shape index (κ3) is 5.45. The van der Waals surface area contributed by atoms with E-state index in [9.17, 15) is 0 Å². The van der Waals surface area contributed by atoms with E-state index in [0.29, 0.717) is 6.54 Å². The van der Waals surface area contributed by atoms with Crippen LogP contribution in [0.2, 0.25) is 0 Å². The summed E-state index contributed by atoms with van der Waals surface area (Å²) in [6.45, 7) is 10.6. The number of para-hydroxylation sites is 1. The molecule has 0 saturated carbocycles. The third-order valence-corrected chi connectivity index (χ3v) is 4.75. The summed E-state index contributed by atoms with van der Waals surface area (Å²) in [5, 5.41) is 14.8. The first-order chi connectivity index (χ1) is 13.8. The summed E-state index contributed by atoms with van der Waals surface area (Å²) in [5.41, 5.74) is 2.48. The Hall–Kier alpha value is -2.61. The first kappa shape index (κ1) is 20.1. The summed E-state index contributed by atoms with van der Waals surface area (Å²) >= 11 is 0. The minimum Gasteiger partial charge on any atom is -0.378 e. The lowest BCUT2D eigenvalue weighted by molar-refractivity contribution is 0.122. The SMILES string of the molecule is CCNC(=NCc1ccccc1N1CCOCC1)NCCn1cnnc1CC. The molecule has 8 nitrogen and oxygen atoms in total. The number of morpholine rings is 1. The molecule has 8 heteroatoms. The Labute approximate surface area is 167 Å². The van der Waals surface area contributed by atoms with Gasteiger partial charge in [-0.25, -0.2) is 4.99 Å². The molecule has 2 aromatic rings. The van der Waals surface area contributed by atoms with Crippen LogP contribution in [0.25, 0.3) is 0 Å². The molecule has 1 saturated heterocycles. The molecule has 0 bridgehead atoms. The van der Waals surface area contributed by atoms with Crippen LogP contribution in [-0.2, 0) is 24.2 Å². The number of guanidine groups is 1. The molecule has 0 aliphatic carbocycles. The fourth-order valence-electron chi connectivity index (χ4n) is 3.30. The molecule has 2 N–H and O–H groups in total. The highest BCUT2D eigenvalue weighted by Gasteiger charge is 2.14. The summed E-state index contributed by atoms with van der Waals surface area (Å²) in [6.07, 6.45) is 2.66. The Morgan fingerprint density at radius 1 is 1.18 bits per heavy atom. The predicted octanol–water partition coefficient (Wildman–Crippen LogP) is 1.43. The van der Waals surface area contributed by atoms with Gasteiger partial charge in [0.05, 0.1) is 19.8 Å². The van der Waals surface area contributed by atoms with Gasteiger partial charge in [0.2, 0.25) is 0 Å². The maximum Gasteiger partial charge on any atom is 0.191 e. The fraction of sp³-hybridized carbons (Fsp3) is 0.550. The van der Waals surface area contributed by atoms with Crippen molar-refractivity contribution < 1.29 is 4.74 Å². The van der Waals surface area contributed by atoms with Gasteiger partial charge in [-0.3, -0.25) is 0 Å². The largest absolute Gasteiger partial charge is 0.378 e. The van der Waals surface area contributed by atoms with Crippen LogP contribution in [0.4, 0.5) is 5.69 Å². The van der Waals surface area contributed by atoms with Crippen LogP contribution in [0.5, 0.6) is 0 Å². The lowest BCUT2D eigenvalue weighted by Crippen LogP contribution is -2.39. The molecule has 1 aliphatic heterocycles. The topological polar surface area (TPSA) is 79.6 Å². The van der Waals surface area contributed by atoms with Crippen LogP contribution in [-0.4, -0.2) is 60.1 Å². The van der Waals surface area contributed by atoms with Crippen molar-refractivity contribution in [2.75, 3.05) is 44.3 Å². The van der Waals surface area contributed by atoms with Gasteiger partial charge in [0.1, 0.15) is 12.2 Å². The first-order valence-corrected chi connectivity index (χ1v) is 10.1. The average Bonchev–Trinajstić information content (AvgIpc) is 3.20. The van der Waals surface area contributed by atoms with Crippen molar-refractivity contribution in [3.05, 3.63) is 42.0 Å². The van der Waals surface area contributed by atoms with Crippen LogP contribution in [0.1, 0.15) is 25.2 Å². The number of nitrogens with one attached hydrogen (secondary N) is 2. The molecule has 1 aromatic carbocycles. The van der Waals surface area contributed by atoms with Gasteiger partial charge in [0, 0.05) is 44.8 Å². The normalized spacial score (nSPS) is 14.9. The molecule has 0 spiro atoms. The van der Waals surface area contributed by atoms with Gasteiger partial charge in [0.25, 0.3) is 0 Å². The van der Waals surface area contributed by atoms with Crippen LogP contribution in [0.3, 0.4) is 0 Å². The molecular formula is C20H31N7O. The molecule has 0 amide bonds. The highest BCUT2D eigenvalue weighted by Crippen LogP contribution is 2.22. The third-order valence-electron chi connectivity index (χ3n) is 4.75. The number of aromatic nitrogens is 3. The number of hydrogen-bond acceptors (Lipinski definition) is 5. The Morgan fingerprint density at radius 2 is 2.00 bits per heavy atom. The molecule has 28 heavy (non-hydrogen) atoms. The van der Waals surface area contributed by atoms with E-state index in [4.69, 9.17) is 9.73 Å².